The number of rotatable bonds is 6. The zero-order chi connectivity index (χ0) is 17.8. The van der Waals surface area contributed by atoms with E-state index in [1.165, 1.54) is 12.3 Å². The number of para-hydroxylation sites is 1. The van der Waals surface area contributed by atoms with Crippen molar-refractivity contribution < 1.29 is 9.66 Å². The third kappa shape index (κ3) is 3.42. The Hall–Kier alpha value is -3.42. The SMILES string of the molecule is COc1ccccc1C(Nc1ccc([N+](=O)[O-])cn1)c1nccn1C. The Morgan fingerprint density at radius 1 is 1.24 bits per heavy atom. The van der Waals surface area contributed by atoms with Gasteiger partial charge in [-0.3, -0.25) is 10.1 Å². The van der Waals surface area contributed by atoms with Gasteiger partial charge in [0.15, 0.2) is 0 Å². The number of benzene rings is 1. The molecular weight excluding hydrogens is 322 g/mol. The monoisotopic (exact) mass is 339 g/mol. The van der Waals surface area contributed by atoms with Crippen LogP contribution in [0, 0.1) is 10.1 Å². The van der Waals surface area contributed by atoms with Gasteiger partial charge >= 0.3 is 0 Å². The third-order valence-corrected chi connectivity index (χ3v) is 3.82. The lowest BCUT2D eigenvalue weighted by molar-refractivity contribution is -0.385. The number of aromatic nitrogens is 3. The number of nitro groups is 1. The lowest BCUT2D eigenvalue weighted by Gasteiger charge is -2.21. The first-order chi connectivity index (χ1) is 12.1. The summed E-state index contributed by atoms with van der Waals surface area (Å²) in [7, 11) is 3.51. The van der Waals surface area contributed by atoms with Gasteiger partial charge in [0.05, 0.1) is 12.0 Å². The minimum atomic E-state index is -0.479. The molecule has 0 aliphatic rings. The molecule has 0 spiro atoms. The highest BCUT2D eigenvalue weighted by molar-refractivity contribution is 5.48. The van der Waals surface area contributed by atoms with Gasteiger partial charge in [0, 0.05) is 31.1 Å². The van der Waals surface area contributed by atoms with E-state index < -0.39 is 4.92 Å². The smallest absolute Gasteiger partial charge is 0.287 e. The maximum Gasteiger partial charge on any atom is 0.287 e. The highest BCUT2D eigenvalue weighted by Gasteiger charge is 2.22. The third-order valence-electron chi connectivity index (χ3n) is 3.82. The molecule has 1 N–H and O–H groups in total. The highest BCUT2D eigenvalue weighted by Crippen LogP contribution is 2.31. The number of methoxy groups -OCH3 is 1. The zero-order valence-corrected chi connectivity index (χ0v) is 13.8. The largest absolute Gasteiger partial charge is 0.496 e. The van der Waals surface area contributed by atoms with Crippen molar-refractivity contribution in [3.8, 4) is 5.75 Å². The van der Waals surface area contributed by atoms with Crippen LogP contribution in [0.25, 0.3) is 0 Å². The molecule has 25 heavy (non-hydrogen) atoms. The van der Waals surface area contributed by atoms with Gasteiger partial charge in [-0.25, -0.2) is 9.97 Å². The highest BCUT2D eigenvalue weighted by atomic mass is 16.6. The van der Waals surface area contributed by atoms with E-state index >= 15 is 0 Å². The van der Waals surface area contributed by atoms with Crippen LogP contribution in [-0.2, 0) is 7.05 Å². The van der Waals surface area contributed by atoms with Crippen LogP contribution in [0.4, 0.5) is 11.5 Å². The van der Waals surface area contributed by atoms with Crippen molar-refractivity contribution >= 4 is 11.5 Å². The summed E-state index contributed by atoms with van der Waals surface area (Å²) < 4.78 is 7.36. The van der Waals surface area contributed by atoms with Crippen molar-refractivity contribution in [3.63, 3.8) is 0 Å². The van der Waals surface area contributed by atoms with Gasteiger partial charge in [0.25, 0.3) is 5.69 Å². The van der Waals surface area contributed by atoms with Crippen molar-refractivity contribution in [2.24, 2.45) is 7.05 Å². The number of pyridine rings is 1. The van der Waals surface area contributed by atoms with E-state index in [9.17, 15) is 10.1 Å². The van der Waals surface area contributed by atoms with E-state index in [2.05, 4.69) is 15.3 Å². The molecule has 0 radical (unpaired) electrons. The van der Waals surface area contributed by atoms with Crippen LogP contribution >= 0.6 is 0 Å². The quantitative estimate of drug-likeness (QED) is 0.548. The summed E-state index contributed by atoms with van der Waals surface area (Å²) in [5.74, 6) is 1.99. The Balaban J connectivity index is 2.00. The van der Waals surface area contributed by atoms with Crippen LogP contribution in [0.1, 0.15) is 17.4 Å². The van der Waals surface area contributed by atoms with Gasteiger partial charge in [-0.2, -0.15) is 0 Å². The summed E-state index contributed by atoms with van der Waals surface area (Å²) in [4.78, 5) is 18.9. The first-order valence-corrected chi connectivity index (χ1v) is 7.57. The molecule has 0 aliphatic carbocycles. The molecule has 3 rings (SSSR count). The summed E-state index contributed by atoms with van der Waals surface area (Å²) in [5.41, 5.74) is 0.829. The van der Waals surface area contributed by atoms with Gasteiger partial charge in [-0.15, -0.1) is 0 Å². The fourth-order valence-corrected chi connectivity index (χ4v) is 2.57. The van der Waals surface area contributed by atoms with Crippen LogP contribution < -0.4 is 10.1 Å². The van der Waals surface area contributed by atoms with Crippen LogP contribution in [0.3, 0.4) is 0 Å². The van der Waals surface area contributed by atoms with Gasteiger partial charge in [0.1, 0.15) is 29.6 Å². The Bertz CT molecular complexity index is 876. The number of hydrogen-bond acceptors (Lipinski definition) is 6. The Labute approximate surface area is 144 Å². The lowest BCUT2D eigenvalue weighted by Crippen LogP contribution is -2.18. The Kier molecular flexibility index (Phi) is 4.60. The van der Waals surface area contributed by atoms with Crippen molar-refractivity contribution in [2.75, 3.05) is 12.4 Å². The van der Waals surface area contributed by atoms with E-state index in [1.54, 1.807) is 19.4 Å². The van der Waals surface area contributed by atoms with E-state index in [0.29, 0.717) is 11.6 Å². The Morgan fingerprint density at radius 2 is 2.04 bits per heavy atom. The minimum Gasteiger partial charge on any atom is -0.496 e. The van der Waals surface area contributed by atoms with Crippen molar-refractivity contribution in [2.45, 2.75) is 6.04 Å². The first kappa shape index (κ1) is 16.4. The number of ether oxygens (including phenoxy) is 1. The molecule has 128 valence electrons. The second-order valence-corrected chi connectivity index (χ2v) is 5.37. The second-order valence-electron chi connectivity index (χ2n) is 5.37. The van der Waals surface area contributed by atoms with Crippen molar-refractivity contribution in [1.29, 1.82) is 0 Å². The molecule has 0 bridgehead atoms. The number of aryl methyl sites for hydroxylation is 1. The fraction of sp³-hybridized carbons (Fsp3) is 0.176. The van der Waals surface area contributed by atoms with E-state index in [-0.39, 0.29) is 11.7 Å². The molecule has 1 atom stereocenters. The van der Waals surface area contributed by atoms with Gasteiger partial charge in [-0.1, -0.05) is 18.2 Å². The molecule has 2 heterocycles. The van der Waals surface area contributed by atoms with Gasteiger partial charge in [0.2, 0.25) is 0 Å². The van der Waals surface area contributed by atoms with Gasteiger partial charge < -0.3 is 14.6 Å². The van der Waals surface area contributed by atoms with E-state index in [0.717, 1.165) is 11.4 Å². The van der Waals surface area contributed by atoms with Crippen LogP contribution in [0.5, 0.6) is 5.75 Å². The molecule has 8 nitrogen and oxygen atoms in total. The second kappa shape index (κ2) is 7.00. The molecule has 1 unspecified atom stereocenters. The number of hydrogen-bond donors (Lipinski definition) is 1. The van der Waals surface area contributed by atoms with E-state index in [4.69, 9.17) is 4.74 Å². The molecule has 2 aromatic heterocycles. The molecule has 1 aromatic carbocycles. The summed E-state index contributed by atoms with van der Waals surface area (Å²) in [6, 6.07) is 10.3. The fourth-order valence-electron chi connectivity index (χ4n) is 2.57. The number of anilines is 1. The Morgan fingerprint density at radius 3 is 2.64 bits per heavy atom. The molecule has 0 saturated carbocycles. The molecular formula is C17H17N5O3. The number of imidazole rings is 1. The maximum absolute atomic E-state index is 10.8. The standard InChI is InChI=1S/C17H17N5O3/c1-21-10-9-18-17(21)16(13-5-3-4-6-14(13)25-2)20-15-8-7-12(11-19-15)22(23)24/h3-11,16H,1-2H3,(H,19,20). The average molecular weight is 339 g/mol. The maximum atomic E-state index is 10.8. The summed E-state index contributed by atoms with van der Waals surface area (Å²) >= 11 is 0. The normalized spacial score (nSPS) is 11.8. The van der Waals surface area contributed by atoms with Crippen molar-refractivity contribution in [3.05, 3.63) is 76.5 Å². The molecule has 0 aliphatic heterocycles. The van der Waals surface area contributed by atoms with Crippen LogP contribution in [0.2, 0.25) is 0 Å². The zero-order valence-electron chi connectivity index (χ0n) is 13.8. The molecule has 0 saturated heterocycles. The molecule has 0 amide bonds. The lowest BCUT2D eigenvalue weighted by atomic mass is 10.0. The predicted molar refractivity (Wildman–Crippen MR) is 92.6 cm³/mol. The first-order valence-electron chi connectivity index (χ1n) is 7.57. The number of nitrogens with zero attached hydrogens (tertiary/aromatic N) is 4. The average Bonchev–Trinajstić information content (AvgIpc) is 3.06. The molecule has 0 fully saturated rings. The van der Waals surface area contributed by atoms with Crippen molar-refractivity contribution in [1.82, 2.24) is 14.5 Å². The summed E-state index contributed by atoms with van der Waals surface area (Å²) in [5, 5.41) is 14.1. The number of nitrogens with one attached hydrogen (secondary N) is 1. The van der Waals surface area contributed by atoms with Crippen LogP contribution in [-0.4, -0.2) is 26.6 Å². The minimum absolute atomic E-state index is 0.0589. The van der Waals surface area contributed by atoms with Gasteiger partial charge in [-0.05, 0) is 12.1 Å². The topological polar surface area (TPSA) is 95.1 Å². The summed E-state index contributed by atoms with van der Waals surface area (Å²) in [6.45, 7) is 0. The van der Waals surface area contributed by atoms with Crippen LogP contribution in [0.15, 0.2) is 55.0 Å². The van der Waals surface area contributed by atoms with E-state index in [1.807, 2.05) is 42.1 Å². The summed E-state index contributed by atoms with van der Waals surface area (Å²) in [6.07, 6.45) is 4.78. The molecule has 8 heteroatoms. The predicted octanol–water partition coefficient (Wildman–Crippen LogP) is 2.93. The molecule has 3 aromatic rings.